The van der Waals surface area contributed by atoms with Gasteiger partial charge in [-0.2, -0.15) is 0 Å². The minimum absolute atomic E-state index is 0.0311. The zero-order valence-electron chi connectivity index (χ0n) is 11.6. The van der Waals surface area contributed by atoms with Crippen molar-refractivity contribution < 1.29 is 9.21 Å². The largest absolute Gasteiger partial charge is 0.459 e. The minimum atomic E-state index is 0.0311. The molecule has 2 unspecified atom stereocenters. The van der Waals surface area contributed by atoms with Crippen LogP contribution in [0.15, 0.2) is 34.4 Å². The first-order valence-corrected chi connectivity index (χ1v) is 8.13. The number of carbonyl (C=O) groups is 1. The monoisotopic (exact) mass is 303 g/mol. The van der Waals surface area contributed by atoms with Gasteiger partial charge in [-0.1, -0.05) is 0 Å². The molecule has 6 heteroatoms. The number of thiazole rings is 1. The Balaban J connectivity index is 1.46. The highest BCUT2D eigenvalue weighted by atomic mass is 32.1. The summed E-state index contributed by atoms with van der Waals surface area (Å²) in [4.78, 5) is 21.2. The number of hydrogen-bond acceptors (Lipinski definition) is 5. The van der Waals surface area contributed by atoms with Crippen LogP contribution in [0.4, 0.5) is 0 Å². The van der Waals surface area contributed by atoms with Crippen molar-refractivity contribution in [3.05, 3.63) is 40.7 Å². The SMILES string of the molecule is O=C(c1ccco1)N1CC2CC1CN(Cc1nccs1)C2. The second-order valence-corrected chi connectivity index (χ2v) is 6.79. The molecule has 0 radical (unpaired) electrons. The molecule has 2 aliphatic heterocycles. The Morgan fingerprint density at radius 1 is 1.43 bits per heavy atom. The van der Waals surface area contributed by atoms with E-state index in [1.54, 1.807) is 29.7 Å². The molecule has 2 aliphatic rings. The summed E-state index contributed by atoms with van der Waals surface area (Å²) in [6.45, 7) is 3.73. The number of aromatic nitrogens is 1. The van der Waals surface area contributed by atoms with Crippen LogP contribution in [0.1, 0.15) is 22.0 Å². The Labute approximate surface area is 127 Å². The molecule has 2 atom stereocenters. The molecule has 1 amide bonds. The molecule has 21 heavy (non-hydrogen) atoms. The maximum absolute atomic E-state index is 12.5. The number of nitrogens with zero attached hydrogens (tertiary/aromatic N) is 3. The third kappa shape index (κ3) is 2.49. The van der Waals surface area contributed by atoms with Crippen molar-refractivity contribution in [1.29, 1.82) is 0 Å². The Hall–Kier alpha value is -1.66. The molecule has 0 aromatic carbocycles. The van der Waals surface area contributed by atoms with Crippen molar-refractivity contribution >= 4 is 17.2 Å². The van der Waals surface area contributed by atoms with Gasteiger partial charge in [-0.3, -0.25) is 9.69 Å². The second kappa shape index (κ2) is 5.27. The van der Waals surface area contributed by atoms with Crippen molar-refractivity contribution in [3.63, 3.8) is 0 Å². The fraction of sp³-hybridized carbons (Fsp3) is 0.467. The molecule has 2 aromatic rings. The fourth-order valence-electron chi connectivity index (χ4n) is 3.50. The quantitative estimate of drug-likeness (QED) is 0.871. The molecule has 4 rings (SSSR count). The molecular weight excluding hydrogens is 286 g/mol. The molecule has 2 aromatic heterocycles. The predicted molar refractivity (Wildman–Crippen MR) is 79.0 cm³/mol. The number of hydrogen-bond donors (Lipinski definition) is 0. The van der Waals surface area contributed by atoms with Gasteiger partial charge in [-0.05, 0) is 24.5 Å². The molecule has 0 N–H and O–H groups in total. The number of piperidine rings is 1. The van der Waals surface area contributed by atoms with Gasteiger partial charge >= 0.3 is 0 Å². The van der Waals surface area contributed by atoms with E-state index in [1.165, 1.54) is 0 Å². The summed E-state index contributed by atoms with van der Waals surface area (Å²) in [5.74, 6) is 1.06. The molecule has 0 spiro atoms. The van der Waals surface area contributed by atoms with Crippen LogP contribution < -0.4 is 0 Å². The Morgan fingerprint density at radius 2 is 2.38 bits per heavy atom. The number of rotatable bonds is 3. The number of fused-ring (bicyclic) bond motifs is 2. The molecule has 5 nitrogen and oxygen atoms in total. The zero-order valence-corrected chi connectivity index (χ0v) is 12.5. The fourth-order valence-corrected chi connectivity index (χ4v) is 4.16. The summed E-state index contributed by atoms with van der Waals surface area (Å²) in [7, 11) is 0. The van der Waals surface area contributed by atoms with Crippen LogP contribution in [-0.2, 0) is 6.54 Å². The van der Waals surface area contributed by atoms with E-state index in [-0.39, 0.29) is 5.91 Å². The highest BCUT2D eigenvalue weighted by Gasteiger charge is 2.41. The Kier molecular flexibility index (Phi) is 3.27. The molecule has 110 valence electrons. The lowest BCUT2D eigenvalue weighted by molar-refractivity contribution is 0.0680. The first kappa shape index (κ1) is 13.0. The van der Waals surface area contributed by atoms with E-state index >= 15 is 0 Å². The Bertz CT molecular complexity index is 611. The van der Waals surface area contributed by atoms with Gasteiger partial charge < -0.3 is 9.32 Å². The van der Waals surface area contributed by atoms with Crippen molar-refractivity contribution in [1.82, 2.24) is 14.8 Å². The lowest BCUT2D eigenvalue weighted by Crippen LogP contribution is -2.43. The van der Waals surface area contributed by atoms with Gasteiger partial charge in [0.15, 0.2) is 5.76 Å². The van der Waals surface area contributed by atoms with Crippen LogP contribution in [0, 0.1) is 5.92 Å². The summed E-state index contributed by atoms with van der Waals surface area (Å²) in [5.41, 5.74) is 0. The molecular formula is C15H17N3O2S. The van der Waals surface area contributed by atoms with E-state index in [9.17, 15) is 4.79 Å². The first-order chi connectivity index (χ1) is 10.3. The first-order valence-electron chi connectivity index (χ1n) is 7.25. The third-order valence-corrected chi connectivity index (χ3v) is 5.09. The van der Waals surface area contributed by atoms with E-state index in [2.05, 4.69) is 9.88 Å². The third-order valence-electron chi connectivity index (χ3n) is 4.32. The van der Waals surface area contributed by atoms with Gasteiger partial charge in [0.25, 0.3) is 5.91 Å². The topological polar surface area (TPSA) is 49.6 Å². The van der Waals surface area contributed by atoms with Gasteiger partial charge in [0.2, 0.25) is 0 Å². The normalized spacial score (nSPS) is 25.4. The highest BCUT2D eigenvalue weighted by Crippen LogP contribution is 2.31. The highest BCUT2D eigenvalue weighted by molar-refractivity contribution is 7.09. The number of furan rings is 1. The zero-order chi connectivity index (χ0) is 14.2. The van der Waals surface area contributed by atoms with Gasteiger partial charge in [0.1, 0.15) is 5.01 Å². The maximum atomic E-state index is 12.5. The van der Waals surface area contributed by atoms with Gasteiger partial charge in [0, 0.05) is 37.3 Å². The smallest absolute Gasteiger partial charge is 0.289 e. The van der Waals surface area contributed by atoms with Crippen LogP contribution in [0.5, 0.6) is 0 Å². The summed E-state index contributed by atoms with van der Waals surface area (Å²) >= 11 is 1.70. The molecule has 0 saturated carbocycles. The van der Waals surface area contributed by atoms with Crippen LogP contribution in [0.25, 0.3) is 0 Å². The maximum Gasteiger partial charge on any atom is 0.289 e. The summed E-state index contributed by atoms with van der Waals surface area (Å²) in [6.07, 6.45) is 4.52. The number of likely N-dealkylation sites (tertiary alicyclic amines) is 2. The van der Waals surface area contributed by atoms with Gasteiger partial charge in [-0.25, -0.2) is 4.98 Å². The van der Waals surface area contributed by atoms with Crippen molar-refractivity contribution in [2.24, 2.45) is 5.92 Å². The molecule has 4 heterocycles. The predicted octanol–water partition coefficient (Wildman–Crippen LogP) is 2.08. The lowest BCUT2D eigenvalue weighted by Gasteiger charge is -2.31. The Morgan fingerprint density at radius 3 is 3.14 bits per heavy atom. The van der Waals surface area contributed by atoms with Crippen molar-refractivity contribution in [3.8, 4) is 0 Å². The summed E-state index contributed by atoms with van der Waals surface area (Å²) in [6, 6.07) is 3.82. The number of amides is 1. The van der Waals surface area contributed by atoms with E-state index in [1.807, 2.05) is 16.5 Å². The molecule has 2 saturated heterocycles. The van der Waals surface area contributed by atoms with E-state index in [0.29, 0.717) is 17.7 Å². The van der Waals surface area contributed by atoms with Gasteiger partial charge in [0.05, 0.1) is 12.8 Å². The van der Waals surface area contributed by atoms with Crippen LogP contribution in [0.3, 0.4) is 0 Å². The average Bonchev–Trinajstić information content (AvgIpc) is 3.19. The molecule has 2 fully saturated rings. The lowest BCUT2D eigenvalue weighted by atomic mass is 10.00. The number of carbonyl (C=O) groups excluding carboxylic acids is 1. The molecule has 0 aliphatic carbocycles. The van der Waals surface area contributed by atoms with Gasteiger partial charge in [-0.15, -0.1) is 11.3 Å². The van der Waals surface area contributed by atoms with E-state index < -0.39 is 0 Å². The summed E-state index contributed by atoms with van der Waals surface area (Å²) < 4.78 is 5.26. The van der Waals surface area contributed by atoms with Crippen LogP contribution in [-0.4, -0.2) is 46.4 Å². The van der Waals surface area contributed by atoms with E-state index in [0.717, 1.165) is 37.6 Å². The van der Waals surface area contributed by atoms with Crippen LogP contribution in [0.2, 0.25) is 0 Å². The minimum Gasteiger partial charge on any atom is -0.459 e. The van der Waals surface area contributed by atoms with Crippen LogP contribution >= 0.6 is 11.3 Å². The standard InChI is InChI=1S/C15H17N3O2S/c19-15(13-2-1-4-20-13)18-8-11-6-12(18)9-17(7-11)10-14-16-3-5-21-14/h1-5,11-12H,6-10H2. The summed E-state index contributed by atoms with van der Waals surface area (Å²) in [5, 5.41) is 3.17. The van der Waals surface area contributed by atoms with Crippen molar-refractivity contribution in [2.75, 3.05) is 19.6 Å². The van der Waals surface area contributed by atoms with Crippen molar-refractivity contribution in [2.45, 2.75) is 19.0 Å². The van der Waals surface area contributed by atoms with E-state index in [4.69, 9.17) is 4.42 Å². The molecule has 2 bridgehead atoms. The second-order valence-electron chi connectivity index (χ2n) is 5.81. The average molecular weight is 303 g/mol.